The van der Waals surface area contributed by atoms with Crippen LogP contribution in [0, 0.1) is 6.92 Å². The van der Waals surface area contributed by atoms with Gasteiger partial charge in [-0.25, -0.2) is 14.7 Å². The first-order valence-corrected chi connectivity index (χ1v) is 12.8. The summed E-state index contributed by atoms with van der Waals surface area (Å²) in [5.41, 5.74) is 5.64. The first-order chi connectivity index (χ1) is 19.1. The molecule has 5 aromatic rings. The number of azo groups is 1. The molecule has 1 aliphatic rings. The van der Waals surface area contributed by atoms with Gasteiger partial charge >= 0.3 is 0 Å². The maximum Gasteiger partial charge on any atom is 0.280 e. The maximum absolute atomic E-state index is 13.5. The molecule has 2 heterocycles. The number of aromatic nitrogens is 2. The first-order valence-electron chi connectivity index (χ1n) is 12.4. The zero-order valence-electron chi connectivity index (χ0n) is 20.9. The normalized spacial score (nSPS) is 16.8. The summed E-state index contributed by atoms with van der Waals surface area (Å²) in [5.74, 6) is 1.44. The molecule has 0 fully saturated rings. The highest BCUT2D eigenvalue weighted by Gasteiger charge is 2.34. The number of nitrogens with zero attached hydrogens (tertiary/aromatic N) is 5. The average molecular weight is 535 g/mol. The van der Waals surface area contributed by atoms with Gasteiger partial charge in [-0.2, -0.15) is 10.2 Å². The molecule has 0 bridgehead atoms. The van der Waals surface area contributed by atoms with Gasteiger partial charge < -0.3 is 4.74 Å². The van der Waals surface area contributed by atoms with E-state index in [-0.39, 0.29) is 5.56 Å². The van der Waals surface area contributed by atoms with Crippen molar-refractivity contribution in [1.29, 1.82) is 0 Å². The number of nitrogens with one attached hydrogen (secondary N) is 1. The molecule has 0 amide bonds. The maximum atomic E-state index is 13.5. The largest absolute Gasteiger partial charge is 0.481 e. The lowest BCUT2D eigenvalue weighted by Crippen LogP contribution is -2.42. The number of halogens is 1. The summed E-state index contributed by atoms with van der Waals surface area (Å²) in [7, 11) is 0. The predicted octanol–water partition coefficient (Wildman–Crippen LogP) is 6.92. The Kier molecular flexibility index (Phi) is 6.61. The third-order valence-corrected chi connectivity index (χ3v) is 6.57. The number of fused-ring (bicyclic) bond motifs is 2. The second kappa shape index (κ2) is 10.5. The number of hydrogen-bond donors (Lipinski definition) is 1. The summed E-state index contributed by atoms with van der Waals surface area (Å²) in [6.07, 6.45) is -0.603. The van der Waals surface area contributed by atoms with Crippen LogP contribution in [0.15, 0.2) is 123 Å². The van der Waals surface area contributed by atoms with Crippen LogP contribution in [-0.4, -0.2) is 21.5 Å². The summed E-state index contributed by atoms with van der Waals surface area (Å²) >= 11 is 6.19. The Hall–Kier alpha value is -4.82. The highest BCUT2D eigenvalue weighted by atomic mass is 35.5. The lowest BCUT2D eigenvalue weighted by Gasteiger charge is -2.25. The molecule has 192 valence electrons. The second-order valence-electron chi connectivity index (χ2n) is 8.98. The van der Waals surface area contributed by atoms with E-state index in [1.54, 1.807) is 25.1 Å². The van der Waals surface area contributed by atoms with Crippen molar-refractivity contribution in [2.24, 2.45) is 15.2 Å². The highest BCUT2D eigenvalue weighted by molar-refractivity contribution is 6.30. The minimum absolute atomic E-state index is 0.249. The van der Waals surface area contributed by atoms with Gasteiger partial charge in [0.25, 0.3) is 5.56 Å². The van der Waals surface area contributed by atoms with Crippen LogP contribution >= 0.6 is 11.6 Å². The zero-order chi connectivity index (χ0) is 26.8. The van der Waals surface area contributed by atoms with E-state index in [0.29, 0.717) is 44.7 Å². The van der Waals surface area contributed by atoms with E-state index in [9.17, 15) is 4.79 Å². The van der Waals surface area contributed by atoms with Crippen molar-refractivity contribution in [3.8, 4) is 5.75 Å². The lowest BCUT2D eigenvalue weighted by atomic mass is 10.0. The Labute approximate surface area is 229 Å². The summed E-state index contributed by atoms with van der Waals surface area (Å²) in [4.78, 5) is 23.1. The molecule has 8 nitrogen and oxygen atoms in total. The van der Waals surface area contributed by atoms with Crippen LogP contribution in [0.1, 0.15) is 17.5 Å². The standard InChI is InChI=1S/C30H23ClN6O2/c1-19-32-24-15-6-5-14-23(24)30(38)37(19)36-29-27(35-34-22-13-9-12-21(31)18-22)28(20-10-3-2-4-11-20)39-26-17-8-7-16-25(26)33-29/h2-18,27-28H,1H3,(H,33,36). The van der Waals surface area contributed by atoms with Gasteiger partial charge in [-0.1, -0.05) is 72.3 Å². The van der Waals surface area contributed by atoms with E-state index in [0.717, 1.165) is 5.56 Å². The summed E-state index contributed by atoms with van der Waals surface area (Å²) in [6, 6.07) is 30.8. The molecule has 0 saturated heterocycles. The molecule has 6 rings (SSSR count). The third kappa shape index (κ3) is 5.02. The van der Waals surface area contributed by atoms with E-state index in [4.69, 9.17) is 26.4 Å². The number of rotatable bonds is 4. The van der Waals surface area contributed by atoms with E-state index in [1.165, 1.54) is 4.68 Å². The molecule has 1 aromatic heterocycles. The van der Waals surface area contributed by atoms with Crippen molar-refractivity contribution in [2.75, 3.05) is 5.43 Å². The van der Waals surface area contributed by atoms with Crippen LogP contribution in [0.3, 0.4) is 0 Å². The summed E-state index contributed by atoms with van der Waals surface area (Å²) in [5, 5.41) is 10.2. The SMILES string of the molecule is Cc1nc2ccccc2c(=O)n1NC1=Nc2ccccc2OC(c2ccccc2)C1N=Nc1cccc(Cl)c1. The van der Waals surface area contributed by atoms with Gasteiger partial charge in [0.2, 0.25) is 0 Å². The van der Waals surface area contributed by atoms with E-state index < -0.39 is 12.1 Å². The number of para-hydroxylation sites is 3. The number of amidine groups is 1. The molecule has 1 aliphatic heterocycles. The second-order valence-corrected chi connectivity index (χ2v) is 9.42. The van der Waals surface area contributed by atoms with Gasteiger partial charge in [0.1, 0.15) is 17.3 Å². The van der Waals surface area contributed by atoms with Gasteiger partial charge in [-0.3, -0.25) is 10.2 Å². The quantitative estimate of drug-likeness (QED) is 0.253. The van der Waals surface area contributed by atoms with Crippen LogP contribution < -0.4 is 15.7 Å². The fourth-order valence-corrected chi connectivity index (χ4v) is 4.63. The van der Waals surface area contributed by atoms with Crippen LogP contribution in [0.5, 0.6) is 5.75 Å². The van der Waals surface area contributed by atoms with Crippen molar-refractivity contribution >= 4 is 39.7 Å². The minimum Gasteiger partial charge on any atom is -0.481 e. The monoisotopic (exact) mass is 534 g/mol. The van der Waals surface area contributed by atoms with Crippen molar-refractivity contribution in [2.45, 2.75) is 19.1 Å². The molecule has 1 N–H and O–H groups in total. The van der Waals surface area contributed by atoms with E-state index in [1.807, 2.05) is 84.9 Å². The van der Waals surface area contributed by atoms with Crippen molar-refractivity contribution in [1.82, 2.24) is 9.66 Å². The minimum atomic E-state index is -0.753. The molecule has 0 saturated carbocycles. The number of ether oxygens (including phenoxy) is 1. The van der Waals surface area contributed by atoms with E-state index in [2.05, 4.69) is 15.5 Å². The summed E-state index contributed by atoms with van der Waals surface area (Å²) in [6.45, 7) is 1.76. The number of aliphatic imine (C=N–C) groups is 1. The van der Waals surface area contributed by atoms with Crippen molar-refractivity contribution in [3.05, 3.63) is 130 Å². The van der Waals surface area contributed by atoms with Crippen molar-refractivity contribution in [3.63, 3.8) is 0 Å². The van der Waals surface area contributed by atoms with Crippen molar-refractivity contribution < 1.29 is 4.74 Å². The lowest BCUT2D eigenvalue weighted by molar-refractivity contribution is 0.198. The van der Waals surface area contributed by atoms with Gasteiger partial charge in [-0.05, 0) is 55.0 Å². The Morgan fingerprint density at radius 1 is 0.923 bits per heavy atom. The number of hydrogen-bond acceptors (Lipinski definition) is 7. The first kappa shape index (κ1) is 24.5. The predicted molar refractivity (Wildman–Crippen MR) is 153 cm³/mol. The van der Waals surface area contributed by atoms with Gasteiger partial charge in [0.15, 0.2) is 18.0 Å². The molecule has 39 heavy (non-hydrogen) atoms. The fraction of sp³-hybridized carbons (Fsp3) is 0.100. The third-order valence-electron chi connectivity index (χ3n) is 6.33. The average Bonchev–Trinajstić information content (AvgIpc) is 3.11. The van der Waals surface area contributed by atoms with Crippen LogP contribution in [0.2, 0.25) is 5.02 Å². The Morgan fingerprint density at radius 2 is 1.69 bits per heavy atom. The molecule has 9 heteroatoms. The van der Waals surface area contributed by atoms with Crippen LogP contribution in [0.25, 0.3) is 10.9 Å². The zero-order valence-corrected chi connectivity index (χ0v) is 21.7. The Bertz CT molecular complexity index is 1780. The Morgan fingerprint density at radius 3 is 2.54 bits per heavy atom. The molecule has 2 unspecified atom stereocenters. The van der Waals surface area contributed by atoms with Gasteiger partial charge in [-0.15, -0.1) is 0 Å². The topological polar surface area (TPSA) is 93.2 Å². The smallest absolute Gasteiger partial charge is 0.280 e. The molecule has 4 aromatic carbocycles. The number of aryl methyl sites for hydroxylation is 1. The number of benzene rings is 4. The molecule has 0 spiro atoms. The van der Waals surface area contributed by atoms with Crippen LogP contribution in [-0.2, 0) is 0 Å². The van der Waals surface area contributed by atoms with E-state index >= 15 is 0 Å². The van der Waals surface area contributed by atoms with Gasteiger partial charge in [0, 0.05) is 5.02 Å². The Balaban J connectivity index is 1.52. The molecular formula is C30H23ClN6O2. The van der Waals surface area contributed by atoms with Crippen LogP contribution in [0.4, 0.5) is 11.4 Å². The fourth-order valence-electron chi connectivity index (χ4n) is 4.45. The summed E-state index contributed by atoms with van der Waals surface area (Å²) < 4.78 is 7.92. The molecular weight excluding hydrogens is 512 g/mol. The highest BCUT2D eigenvalue weighted by Crippen LogP contribution is 2.38. The van der Waals surface area contributed by atoms with Gasteiger partial charge in [0.05, 0.1) is 16.6 Å². The molecule has 0 radical (unpaired) electrons. The molecule has 2 atom stereocenters. The molecule has 0 aliphatic carbocycles.